The summed E-state index contributed by atoms with van der Waals surface area (Å²) in [7, 11) is 5.29. The minimum atomic E-state index is -1.39. The van der Waals surface area contributed by atoms with Crippen molar-refractivity contribution in [2.45, 2.75) is 148 Å². The van der Waals surface area contributed by atoms with Crippen LogP contribution in [-0.2, 0) is 49.2 Å². The lowest BCUT2D eigenvalue weighted by Crippen LogP contribution is -2.61. The molecule has 1 N–H and O–H groups in total. The van der Waals surface area contributed by atoms with Crippen LogP contribution in [0.15, 0.2) is 24.3 Å². The molecule has 0 aromatic heterocycles. The summed E-state index contributed by atoms with van der Waals surface area (Å²) in [6.07, 6.45) is -4.54. The number of carbonyl (C=O) groups excluding carboxylic acids is 4. The van der Waals surface area contributed by atoms with Gasteiger partial charge >= 0.3 is 18.0 Å². The van der Waals surface area contributed by atoms with E-state index in [-0.39, 0.29) is 37.3 Å². The standard InChI is InChI=1S/C41H63ClN2O11/c1-13-31-41(9)35(44(39(49)55-41)19-18-28-14-16-29(42)17-15-28)24(4)32(46)22(2)21-40(8,50-12)36(25(5)33(47)26(6)37(48)53-31)54-38-34(52-27(7)45)30(43(10)11)20-23(3)51-38/h14-17,22-26,30-31,33-36,38,47H,13,18-21H2,1-12H3/t22-,23-,24+,25+,26-,30+,31-,33+,34-,35-,36-,38+,40-,41-/m1/s1. The summed E-state index contributed by atoms with van der Waals surface area (Å²) in [4.78, 5) is 58.4. The lowest BCUT2D eigenvalue weighted by atomic mass is 9.73. The Morgan fingerprint density at radius 1 is 1.05 bits per heavy atom. The van der Waals surface area contributed by atoms with Crippen LogP contribution in [0.3, 0.4) is 0 Å². The summed E-state index contributed by atoms with van der Waals surface area (Å²) in [5.74, 6) is -4.59. The Balaban J connectivity index is 1.79. The van der Waals surface area contributed by atoms with Crippen LogP contribution >= 0.6 is 11.6 Å². The first-order chi connectivity index (χ1) is 25.7. The van der Waals surface area contributed by atoms with Crippen LogP contribution in [0.1, 0.15) is 87.1 Å². The molecular weight excluding hydrogens is 732 g/mol. The Hall–Kier alpha value is -2.81. The van der Waals surface area contributed by atoms with Crippen molar-refractivity contribution in [2.75, 3.05) is 27.7 Å². The van der Waals surface area contributed by atoms with Gasteiger partial charge in [0, 0.05) is 43.4 Å². The van der Waals surface area contributed by atoms with Gasteiger partial charge in [0.15, 0.2) is 18.0 Å². The molecule has 310 valence electrons. The number of carbonyl (C=O) groups is 4. The molecule has 1 amide bonds. The molecule has 14 heteroatoms. The van der Waals surface area contributed by atoms with E-state index in [2.05, 4.69) is 0 Å². The van der Waals surface area contributed by atoms with Crippen LogP contribution in [0.4, 0.5) is 4.79 Å². The molecule has 0 unspecified atom stereocenters. The second-order valence-corrected chi connectivity index (χ2v) is 17.0. The molecule has 4 rings (SSSR count). The van der Waals surface area contributed by atoms with Crippen LogP contribution in [0.5, 0.6) is 0 Å². The summed E-state index contributed by atoms with van der Waals surface area (Å²) in [6, 6.07) is 6.28. The number of benzene rings is 1. The molecule has 3 fully saturated rings. The number of ketones is 1. The van der Waals surface area contributed by atoms with Crippen LogP contribution in [0.2, 0.25) is 5.02 Å². The van der Waals surface area contributed by atoms with Gasteiger partial charge in [-0.1, -0.05) is 51.4 Å². The maximum Gasteiger partial charge on any atom is 0.410 e. The molecular formula is C41H63ClN2O11. The number of likely N-dealkylation sites (N-methyl/N-ethyl adjacent to an activating group) is 1. The van der Waals surface area contributed by atoms with Crippen molar-refractivity contribution in [3.8, 4) is 0 Å². The smallest absolute Gasteiger partial charge is 0.410 e. The maximum absolute atomic E-state index is 14.7. The van der Waals surface area contributed by atoms with Crippen LogP contribution < -0.4 is 0 Å². The van der Waals surface area contributed by atoms with Crippen molar-refractivity contribution in [3.05, 3.63) is 34.9 Å². The first kappa shape index (κ1) is 44.9. The van der Waals surface area contributed by atoms with E-state index in [1.54, 1.807) is 51.7 Å². The van der Waals surface area contributed by atoms with Crippen molar-refractivity contribution >= 4 is 35.4 Å². The van der Waals surface area contributed by atoms with Gasteiger partial charge in [-0.25, -0.2) is 4.79 Å². The van der Waals surface area contributed by atoms with Gasteiger partial charge < -0.3 is 38.4 Å². The van der Waals surface area contributed by atoms with E-state index in [0.717, 1.165) is 5.56 Å². The van der Waals surface area contributed by atoms with Crippen molar-refractivity contribution in [1.82, 2.24) is 9.80 Å². The van der Waals surface area contributed by atoms with Crippen LogP contribution in [0.25, 0.3) is 0 Å². The number of hydrogen-bond acceptors (Lipinski definition) is 12. The zero-order valence-corrected chi connectivity index (χ0v) is 35.3. The van der Waals surface area contributed by atoms with Gasteiger partial charge in [-0.15, -0.1) is 0 Å². The summed E-state index contributed by atoms with van der Waals surface area (Å²) < 4.78 is 37.5. The molecule has 0 aliphatic carbocycles. The predicted molar refractivity (Wildman–Crippen MR) is 205 cm³/mol. The normalized spacial score (nSPS) is 39.3. The number of ether oxygens (including phenoxy) is 6. The molecule has 0 spiro atoms. The summed E-state index contributed by atoms with van der Waals surface area (Å²) in [6.45, 7) is 15.8. The molecule has 3 aliphatic rings. The Morgan fingerprint density at radius 2 is 1.69 bits per heavy atom. The number of hydrogen-bond donors (Lipinski definition) is 1. The summed E-state index contributed by atoms with van der Waals surface area (Å²) >= 11 is 6.11. The minimum Gasteiger partial charge on any atom is -0.458 e. The van der Waals surface area contributed by atoms with E-state index in [9.17, 15) is 24.3 Å². The van der Waals surface area contributed by atoms with Crippen molar-refractivity contribution in [1.29, 1.82) is 0 Å². The Bertz CT molecular complexity index is 1510. The Kier molecular flexibility index (Phi) is 14.9. The van der Waals surface area contributed by atoms with Gasteiger partial charge in [-0.2, -0.15) is 0 Å². The van der Waals surface area contributed by atoms with Crippen LogP contribution in [0, 0.1) is 23.7 Å². The Labute approximate surface area is 331 Å². The highest BCUT2D eigenvalue weighted by Crippen LogP contribution is 2.43. The summed E-state index contributed by atoms with van der Waals surface area (Å²) in [5, 5.41) is 12.6. The topological polar surface area (TPSA) is 150 Å². The highest BCUT2D eigenvalue weighted by atomic mass is 35.5. The first-order valence-corrected chi connectivity index (χ1v) is 19.9. The molecule has 55 heavy (non-hydrogen) atoms. The lowest BCUT2D eigenvalue weighted by Gasteiger charge is -2.48. The third-order valence-corrected chi connectivity index (χ3v) is 12.5. The minimum absolute atomic E-state index is 0.144. The number of esters is 2. The zero-order valence-electron chi connectivity index (χ0n) is 34.6. The molecule has 3 heterocycles. The van der Waals surface area contributed by atoms with Gasteiger partial charge in [-0.05, 0) is 85.2 Å². The van der Waals surface area contributed by atoms with E-state index in [0.29, 0.717) is 17.9 Å². The number of aliphatic hydroxyl groups excluding tert-OH is 1. The Morgan fingerprint density at radius 3 is 2.25 bits per heavy atom. The van der Waals surface area contributed by atoms with Crippen molar-refractivity contribution in [2.24, 2.45) is 23.7 Å². The molecule has 1 aromatic carbocycles. The number of nitrogens with zero attached hydrogens (tertiary/aromatic N) is 2. The average molecular weight is 795 g/mol. The van der Waals surface area contributed by atoms with Gasteiger partial charge in [-0.3, -0.25) is 19.3 Å². The largest absolute Gasteiger partial charge is 0.458 e. The highest BCUT2D eigenvalue weighted by Gasteiger charge is 2.60. The number of methoxy groups -OCH3 is 1. The highest BCUT2D eigenvalue weighted by molar-refractivity contribution is 6.30. The zero-order chi connectivity index (χ0) is 41.2. The number of aliphatic hydroxyl groups is 1. The van der Waals surface area contributed by atoms with E-state index < -0.39 is 89.7 Å². The fourth-order valence-corrected chi connectivity index (χ4v) is 9.19. The number of Topliss-reactive ketones (excluding diaryl/α,β-unsaturated/α-hetero) is 1. The second kappa shape index (κ2) is 18.2. The number of halogens is 1. The monoisotopic (exact) mass is 794 g/mol. The SMILES string of the molecule is CC[C@H]1OC(=O)[C@H](C)[C@@H](O)[C@H](C)[C@@H](O[C@@H]2O[C@H](C)C[C@H](N(C)C)[C@H]2OC(C)=O)[C@](C)(OC)C[C@@H](C)C(=O)[C@H](C)[C@H]2N(CCc3ccc(Cl)cc3)C(=O)O[C@]12C. The van der Waals surface area contributed by atoms with E-state index in [1.807, 2.05) is 51.9 Å². The quantitative estimate of drug-likeness (QED) is 0.250. The molecule has 0 radical (unpaired) electrons. The second-order valence-electron chi connectivity index (χ2n) is 16.6. The number of rotatable bonds is 9. The molecule has 1 aromatic rings. The molecule has 3 aliphatic heterocycles. The van der Waals surface area contributed by atoms with E-state index in [1.165, 1.54) is 14.0 Å². The van der Waals surface area contributed by atoms with E-state index >= 15 is 0 Å². The average Bonchev–Trinajstić information content (AvgIpc) is 3.39. The first-order valence-electron chi connectivity index (χ1n) is 19.5. The number of cyclic esters (lactones) is 1. The third-order valence-electron chi connectivity index (χ3n) is 12.2. The van der Waals surface area contributed by atoms with Gasteiger partial charge in [0.25, 0.3) is 0 Å². The fraction of sp³-hybridized carbons (Fsp3) is 0.756. The maximum atomic E-state index is 14.7. The fourth-order valence-electron chi connectivity index (χ4n) is 9.07. The van der Waals surface area contributed by atoms with Gasteiger partial charge in [0.1, 0.15) is 11.9 Å². The van der Waals surface area contributed by atoms with E-state index in [4.69, 9.17) is 40.0 Å². The lowest BCUT2D eigenvalue weighted by molar-refractivity contribution is -0.303. The van der Waals surface area contributed by atoms with Crippen LogP contribution in [-0.4, -0.2) is 127 Å². The van der Waals surface area contributed by atoms with Gasteiger partial charge in [0.05, 0.1) is 41.9 Å². The number of fused-ring (bicyclic) bond motifs is 1. The van der Waals surface area contributed by atoms with Gasteiger partial charge in [0.2, 0.25) is 0 Å². The van der Waals surface area contributed by atoms with Crippen molar-refractivity contribution in [3.63, 3.8) is 0 Å². The van der Waals surface area contributed by atoms with Crippen molar-refractivity contribution < 1.29 is 52.7 Å². The molecule has 3 saturated heterocycles. The molecule has 0 saturated carbocycles. The molecule has 14 atom stereocenters. The summed E-state index contributed by atoms with van der Waals surface area (Å²) in [5.41, 5.74) is -1.69. The third kappa shape index (κ3) is 9.67. The molecule has 0 bridgehead atoms. The number of amides is 1. The molecule has 13 nitrogen and oxygen atoms in total. The predicted octanol–water partition coefficient (Wildman–Crippen LogP) is 5.45.